The highest BCUT2D eigenvalue weighted by Gasteiger charge is 2.14. The number of hydrogen-bond acceptors (Lipinski definition) is 5. The molecule has 4 rings (SSSR count). The summed E-state index contributed by atoms with van der Waals surface area (Å²) in [5.41, 5.74) is 2.39. The number of carbonyl (C=O) groups excluding carboxylic acids is 1. The molecule has 0 saturated carbocycles. The first kappa shape index (κ1) is 19.2. The molecule has 0 fully saturated rings. The van der Waals surface area contributed by atoms with Gasteiger partial charge in [0.1, 0.15) is 17.9 Å². The van der Waals surface area contributed by atoms with E-state index in [9.17, 15) is 9.59 Å². The van der Waals surface area contributed by atoms with Crippen LogP contribution in [-0.4, -0.2) is 39.7 Å². The Bertz CT molecular complexity index is 1210. The zero-order chi connectivity index (χ0) is 20.4. The molecule has 4 aromatic rings. The van der Waals surface area contributed by atoms with Crippen molar-refractivity contribution >= 4 is 38.7 Å². The molecule has 3 heterocycles. The molecule has 8 heteroatoms. The minimum absolute atomic E-state index is 0.0908. The van der Waals surface area contributed by atoms with Gasteiger partial charge in [0.25, 0.3) is 5.56 Å². The number of thiophene rings is 1. The lowest BCUT2D eigenvalue weighted by molar-refractivity contribution is -0.121. The molecule has 0 aliphatic heterocycles. The second kappa shape index (κ2) is 8.08. The normalized spacial score (nSPS) is 11.2. The Kier molecular flexibility index (Phi) is 5.35. The molecule has 0 radical (unpaired) electrons. The number of aromatic nitrogens is 3. The van der Waals surface area contributed by atoms with Gasteiger partial charge in [-0.1, -0.05) is 18.2 Å². The zero-order valence-electron chi connectivity index (χ0n) is 16.5. The average molecular weight is 410 g/mol. The van der Waals surface area contributed by atoms with Gasteiger partial charge in [-0.3, -0.25) is 14.0 Å². The highest BCUT2D eigenvalue weighted by Crippen LogP contribution is 2.24. The predicted octanol–water partition coefficient (Wildman–Crippen LogP) is 2.66. The molecule has 0 aliphatic rings. The van der Waals surface area contributed by atoms with Crippen molar-refractivity contribution in [2.24, 2.45) is 0 Å². The van der Waals surface area contributed by atoms with Crippen molar-refractivity contribution < 1.29 is 4.79 Å². The SMILES string of the molecule is CCN(CCNC(=O)Cn1nc(C)n2c(cc3sccc32)c1=O)c1ccccc1. The lowest BCUT2D eigenvalue weighted by atomic mass is 10.3. The van der Waals surface area contributed by atoms with Gasteiger partial charge in [0.15, 0.2) is 0 Å². The maximum atomic E-state index is 12.8. The van der Waals surface area contributed by atoms with E-state index in [1.807, 2.05) is 47.0 Å². The van der Waals surface area contributed by atoms with Crippen molar-refractivity contribution in [2.45, 2.75) is 20.4 Å². The van der Waals surface area contributed by atoms with Crippen LogP contribution >= 0.6 is 11.3 Å². The van der Waals surface area contributed by atoms with E-state index in [4.69, 9.17) is 0 Å². The third kappa shape index (κ3) is 3.75. The van der Waals surface area contributed by atoms with Crippen molar-refractivity contribution in [1.29, 1.82) is 0 Å². The number of para-hydroxylation sites is 1. The molecule has 1 amide bonds. The molecule has 0 aliphatic carbocycles. The van der Waals surface area contributed by atoms with Crippen LogP contribution < -0.4 is 15.8 Å². The van der Waals surface area contributed by atoms with E-state index < -0.39 is 0 Å². The summed E-state index contributed by atoms with van der Waals surface area (Å²) in [6.07, 6.45) is 0. The van der Waals surface area contributed by atoms with Gasteiger partial charge in [0, 0.05) is 25.3 Å². The molecule has 3 aromatic heterocycles. The summed E-state index contributed by atoms with van der Waals surface area (Å²) in [5.74, 6) is 0.461. The van der Waals surface area contributed by atoms with Gasteiger partial charge < -0.3 is 10.2 Å². The number of nitrogens with zero attached hydrogens (tertiary/aromatic N) is 4. The van der Waals surface area contributed by atoms with E-state index in [1.165, 1.54) is 4.68 Å². The van der Waals surface area contributed by atoms with Gasteiger partial charge in [0.05, 0.1) is 10.2 Å². The molecule has 7 nitrogen and oxygen atoms in total. The first-order valence-electron chi connectivity index (χ1n) is 9.61. The third-order valence-corrected chi connectivity index (χ3v) is 5.82. The third-order valence-electron chi connectivity index (χ3n) is 4.97. The van der Waals surface area contributed by atoms with Crippen LogP contribution in [-0.2, 0) is 11.3 Å². The maximum Gasteiger partial charge on any atom is 0.291 e. The molecule has 0 saturated heterocycles. The predicted molar refractivity (Wildman–Crippen MR) is 117 cm³/mol. The summed E-state index contributed by atoms with van der Waals surface area (Å²) in [7, 11) is 0. The second-order valence-corrected chi connectivity index (χ2v) is 7.76. The highest BCUT2D eigenvalue weighted by atomic mass is 32.1. The standard InChI is InChI=1S/C21H23N5O2S/c1-3-24(16-7-5-4-6-8-16)11-10-22-20(27)14-25-21(28)18-13-19-17(9-12-29-19)26(18)15(2)23-25/h4-9,12-13H,3,10-11,14H2,1-2H3,(H,22,27). The lowest BCUT2D eigenvalue weighted by Crippen LogP contribution is -2.39. The first-order valence-corrected chi connectivity index (χ1v) is 10.5. The van der Waals surface area contributed by atoms with Crippen LogP contribution in [0.3, 0.4) is 0 Å². The summed E-state index contributed by atoms with van der Waals surface area (Å²) in [5, 5.41) is 9.24. The van der Waals surface area contributed by atoms with Crippen molar-refractivity contribution in [3.63, 3.8) is 0 Å². The Hall–Kier alpha value is -3.13. The zero-order valence-corrected chi connectivity index (χ0v) is 17.3. The lowest BCUT2D eigenvalue weighted by Gasteiger charge is -2.23. The fourth-order valence-corrected chi connectivity index (χ4v) is 4.37. The van der Waals surface area contributed by atoms with E-state index in [0.29, 0.717) is 24.4 Å². The number of anilines is 1. The largest absolute Gasteiger partial charge is 0.370 e. The smallest absolute Gasteiger partial charge is 0.291 e. The number of fused-ring (bicyclic) bond motifs is 3. The molecule has 0 unspecified atom stereocenters. The Morgan fingerprint density at radius 1 is 1.21 bits per heavy atom. The molecular formula is C21H23N5O2S. The van der Waals surface area contributed by atoms with Crippen molar-refractivity contribution in [3.05, 3.63) is 64.0 Å². The first-order chi connectivity index (χ1) is 14.1. The number of nitrogens with one attached hydrogen (secondary N) is 1. The molecular weight excluding hydrogens is 386 g/mol. The van der Waals surface area contributed by atoms with Crippen LogP contribution in [0.5, 0.6) is 0 Å². The van der Waals surface area contributed by atoms with Crippen LogP contribution in [0.2, 0.25) is 0 Å². The Labute approximate surface area is 172 Å². The van der Waals surface area contributed by atoms with Gasteiger partial charge in [-0.2, -0.15) is 5.10 Å². The second-order valence-electron chi connectivity index (χ2n) is 6.81. The van der Waals surface area contributed by atoms with Crippen LogP contribution in [0.15, 0.2) is 52.6 Å². The average Bonchev–Trinajstić information content (AvgIpc) is 3.31. The summed E-state index contributed by atoms with van der Waals surface area (Å²) < 4.78 is 4.13. The molecule has 1 N–H and O–H groups in total. The van der Waals surface area contributed by atoms with Gasteiger partial charge in [-0.25, -0.2) is 4.68 Å². The van der Waals surface area contributed by atoms with Gasteiger partial charge >= 0.3 is 0 Å². The Morgan fingerprint density at radius 2 is 2.00 bits per heavy atom. The summed E-state index contributed by atoms with van der Waals surface area (Å²) in [4.78, 5) is 27.4. The summed E-state index contributed by atoms with van der Waals surface area (Å²) in [6.45, 7) is 5.88. The van der Waals surface area contributed by atoms with Crippen LogP contribution in [0.25, 0.3) is 15.7 Å². The molecule has 0 atom stereocenters. The van der Waals surface area contributed by atoms with Crippen molar-refractivity contribution in [1.82, 2.24) is 19.5 Å². The number of hydrogen-bond donors (Lipinski definition) is 1. The van der Waals surface area contributed by atoms with Crippen molar-refractivity contribution in [2.75, 3.05) is 24.5 Å². The van der Waals surface area contributed by atoms with E-state index in [1.54, 1.807) is 11.3 Å². The minimum atomic E-state index is -0.256. The molecule has 1 aromatic carbocycles. The van der Waals surface area contributed by atoms with Gasteiger partial charge in [0.2, 0.25) is 5.91 Å². The van der Waals surface area contributed by atoms with Crippen LogP contribution in [0.1, 0.15) is 12.7 Å². The van der Waals surface area contributed by atoms with Gasteiger partial charge in [-0.15, -0.1) is 11.3 Å². The number of aryl methyl sites for hydroxylation is 1. The summed E-state index contributed by atoms with van der Waals surface area (Å²) in [6, 6.07) is 13.9. The monoisotopic (exact) mass is 409 g/mol. The highest BCUT2D eigenvalue weighted by molar-refractivity contribution is 7.17. The number of benzene rings is 1. The van der Waals surface area contributed by atoms with Crippen LogP contribution in [0, 0.1) is 6.92 Å². The maximum absolute atomic E-state index is 12.8. The van der Waals surface area contributed by atoms with E-state index in [0.717, 1.165) is 22.4 Å². The molecule has 150 valence electrons. The number of amides is 1. The molecule has 0 spiro atoms. The van der Waals surface area contributed by atoms with E-state index in [2.05, 4.69) is 34.4 Å². The van der Waals surface area contributed by atoms with Crippen LogP contribution in [0.4, 0.5) is 5.69 Å². The number of likely N-dealkylation sites (N-methyl/N-ethyl adjacent to an activating group) is 1. The quantitative estimate of drug-likeness (QED) is 0.509. The van der Waals surface area contributed by atoms with Gasteiger partial charge in [-0.05, 0) is 43.5 Å². The fourth-order valence-electron chi connectivity index (χ4n) is 3.57. The van der Waals surface area contributed by atoms with E-state index >= 15 is 0 Å². The number of rotatable bonds is 7. The number of carbonyl (C=O) groups is 1. The fraction of sp³-hybridized carbons (Fsp3) is 0.286. The molecule has 0 bridgehead atoms. The Balaban J connectivity index is 1.44. The minimum Gasteiger partial charge on any atom is -0.370 e. The topological polar surface area (TPSA) is 71.6 Å². The Morgan fingerprint density at radius 3 is 2.76 bits per heavy atom. The summed E-state index contributed by atoms with van der Waals surface area (Å²) >= 11 is 1.58. The van der Waals surface area contributed by atoms with E-state index in [-0.39, 0.29) is 18.0 Å². The molecule has 29 heavy (non-hydrogen) atoms. The van der Waals surface area contributed by atoms with Crippen molar-refractivity contribution in [3.8, 4) is 0 Å².